The molecule has 0 bridgehead atoms. The second kappa shape index (κ2) is 1.83. The third-order valence-corrected chi connectivity index (χ3v) is 2.23. The first-order chi connectivity index (χ1) is 4.79. The topological polar surface area (TPSA) is 26.0 Å². The van der Waals surface area contributed by atoms with Crippen LogP contribution >= 0.6 is 0 Å². The minimum absolute atomic E-state index is 0.316. The number of rotatable bonds is 0. The summed E-state index contributed by atoms with van der Waals surface area (Å²) >= 11 is 0. The third-order valence-electron chi connectivity index (χ3n) is 2.23. The van der Waals surface area contributed by atoms with Gasteiger partial charge in [-0.25, -0.2) is 0 Å². The number of nitrogens with two attached hydrogens (primary N) is 1. The van der Waals surface area contributed by atoms with Gasteiger partial charge in [0, 0.05) is 6.04 Å². The Morgan fingerprint density at radius 1 is 1.50 bits per heavy atom. The number of benzene rings is 1. The molecule has 0 aliphatic heterocycles. The van der Waals surface area contributed by atoms with Crippen LogP contribution in [0.5, 0.6) is 0 Å². The van der Waals surface area contributed by atoms with Crippen molar-refractivity contribution in [2.45, 2.75) is 19.4 Å². The van der Waals surface area contributed by atoms with E-state index in [1.54, 1.807) is 0 Å². The smallest absolute Gasteiger partial charge is 0.0341 e. The van der Waals surface area contributed by atoms with Crippen LogP contribution in [0.15, 0.2) is 18.2 Å². The van der Waals surface area contributed by atoms with Crippen LogP contribution in [0, 0.1) is 6.92 Å². The maximum Gasteiger partial charge on any atom is 0.0341 e. The molecule has 0 spiro atoms. The van der Waals surface area contributed by atoms with Crippen molar-refractivity contribution in [2.75, 3.05) is 0 Å². The molecule has 0 heterocycles. The maximum atomic E-state index is 5.79. The Kier molecular flexibility index (Phi) is 1.08. The zero-order valence-corrected chi connectivity index (χ0v) is 6.09. The molecule has 0 amide bonds. The molecule has 1 heteroatoms. The van der Waals surface area contributed by atoms with Crippen molar-refractivity contribution < 1.29 is 0 Å². The Bertz CT molecular complexity index is 251. The minimum atomic E-state index is 0.316. The molecule has 2 rings (SSSR count). The van der Waals surface area contributed by atoms with Crippen LogP contribution in [0.1, 0.15) is 22.7 Å². The summed E-state index contributed by atoms with van der Waals surface area (Å²) in [5, 5.41) is 0. The SMILES string of the molecule is Cc1cccc2c1C(N)C2. The molecule has 2 N–H and O–H groups in total. The van der Waals surface area contributed by atoms with Crippen molar-refractivity contribution in [3.8, 4) is 0 Å². The Balaban J connectivity index is 2.58. The van der Waals surface area contributed by atoms with Crippen LogP contribution in [0.4, 0.5) is 0 Å². The van der Waals surface area contributed by atoms with Gasteiger partial charge in [-0.3, -0.25) is 0 Å². The zero-order chi connectivity index (χ0) is 7.14. The van der Waals surface area contributed by atoms with Crippen molar-refractivity contribution in [3.05, 3.63) is 34.9 Å². The average molecular weight is 133 g/mol. The van der Waals surface area contributed by atoms with Gasteiger partial charge < -0.3 is 5.73 Å². The van der Waals surface area contributed by atoms with Crippen LogP contribution in [0.25, 0.3) is 0 Å². The second-order valence-electron chi connectivity index (χ2n) is 2.96. The van der Waals surface area contributed by atoms with E-state index in [1.807, 2.05) is 0 Å². The number of hydrogen-bond donors (Lipinski definition) is 1. The number of aryl methyl sites for hydroxylation is 1. The molecule has 1 aliphatic carbocycles. The Morgan fingerprint density at radius 3 is 2.80 bits per heavy atom. The van der Waals surface area contributed by atoms with E-state index in [0.717, 1.165) is 6.42 Å². The van der Waals surface area contributed by atoms with E-state index in [4.69, 9.17) is 5.73 Å². The van der Waals surface area contributed by atoms with E-state index in [1.165, 1.54) is 16.7 Å². The van der Waals surface area contributed by atoms with Gasteiger partial charge in [-0.1, -0.05) is 18.2 Å². The molecule has 1 aromatic rings. The van der Waals surface area contributed by atoms with Crippen LogP contribution in [-0.2, 0) is 6.42 Å². The lowest BCUT2D eigenvalue weighted by molar-refractivity contribution is 0.630. The molecule has 1 aromatic carbocycles. The van der Waals surface area contributed by atoms with Gasteiger partial charge in [0.2, 0.25) is 0 Å². The van der Waals surface area contributed by atoms with Crippen LogP contribution in [-0.4, -0.2) is 0 Å². The van der Waals surface area contributed by atoms with Crippen molar-refractivity contribution >= 4 is 0 Å². The lowest BCUT2D eigenvalue weighted by atomic mass is 9.81. The molecular formula is C9H11N. The summed E-state index contributed by atoms with van der Waals surface area (Å²) < 4.78 is 0. The van der Waals surface area contributed by atoms with E-state index in [2.05, 4.69) is 25.1 Å². The highest BCUT2D eigenvalue weighted by atomic mass is 14.7. The molecule has 1 unspecified atom stereocenters. The highest BCUT2D eigenvalue weighted by Crippen LogP contribution is 2.32. The van der Waals surface area contributed by atoms with Gasteiger partial charge in [-0.15, -0.1) is 0 Å². The van der Waals surface area contributed by atoms with Crippen molar-refractivity contribution in [3.63, 3.8) is 0 Å². The van der Waals surface area contributed by atoms with Crippen molar-refractivity contribution in [1.82, 2.24) is 0 Å². The maximum absolute atomic E-state index is 5.79. The predicted molar refractivity (Wildman–Crippen MR) is 41.8 cm³/mol. The lowest BCUT2D eigenvalue weighted by Crippen LogP contribution is -2.25. The molecular weight excluding hydrogens is 122 g/mol. The lowest BCUT2D eigenvalue weighted by Gasteiger charge is -2.28. The molecule has 0 fully saturated rings. The fourth-order valence-corrected chi connectivity index (χ4v) is 1.66. The summed E-state index contributed by atoms with van der Waals surface area (Å²) in [6, 6.07) is 6.69. The first kappa shape index (κ1) is 5.93. The van der Waals surface area contributed by atoms with Crippen molar-refractivity contribution in [1.29, 1.82) is 0 Å². The van der Waals surface area contributed by atoms with Crippen LogP contribution in [0.3, 0.4) is 0 Å². The Hall–Kier alpha value is -0.820. The fraction of sp³-hybridized carbons (Fsp3) is 0.333. The summed E-state index contributed by atoms with van der Waals surface area (Å²) in [5.74, 6) is 0. The standard InChI is InChI=1S/C9H11N/c1-6-3-2-4-7-5-8(10)9(6)7/h2-4,8H,5,10H2,1H3. The summed E-state index contributed by atoms with van der Waals surface area (Å²) in [4.78, 5) is 0. The molecule has 0 aromatic heterocycles. The van der Waals surface area contributed by atoms with Crippen LogP contribution < -0.4 is 5.73 Å². The van der Waals surface area contributed by atoms with Gasteiger partial charge in [0.05, 0.1) is 0 Å². The number of hydrogen-bond acceptors (Lipinski definition) is 1. The van der Waals surface area contributed by atoms with Gasteiger partial charge in [-0.2, -0.15) is 0 Å². The van der Waals surface area contributed by atoms with Crippen LogP contribution in [0.2, 0.25) is 0 Å². The second-order valence-corrected chi connectivity index (χ2v) is 2.96. The fourth-order valence-electron chi connectivity index (χ4n) is 1.66. The monoisotopic (exact) mass is 133 g/mol. The molecule has 0 radical (unpaired) electrons. The van der Waals surface area contributed by atoms with E-state index in [9.17, 15) is 0 Å². The average Bonchev–Trinajstić information content (AvgIpc) is 1.85. The summed E-state index contributed by atoms with van der Waals surface area (Å²) in [6.45, 7) is 2.12. The minimum Gasteiger partial charge on any atom is -0.324 e. The van der Waals surface area contributed by atoms with Crippen molar-refractivity contribution in [2.24, 2.45) is 5.73 Å². The molecule has 52 valence electrons. The van der Waals surface area contributed by atoms with Gasteiger partial charge >= 0.3 is 0 Å². The predicted octanol–water partition coefficient (Wildman–Crippen LogP) is 1.55. The Morgan fingerprint density at radius 2 is 2.30 bits per heavy atom. The zero-order valence-electron chi connectivity index (χ0n) is 6.09. The molecule has 0 saturated carbocycles. The van der Waals surface area contributed by atoms with E-state index < -0.39 is 0 Å². The van der Waals surface area contributed by atoms with E-state index in [0.29, 0.717) is 6.04 Å². The van der Waals surface area contributed by atoms with Gasteiger partial charge in [0.1, 0.15) is 0 Å². The number of fused-ring (bicyclic) bond motifs is 1. The molecule has 1 atom stereocenters. The van der Waals surface area contributed by atoms with E-state index in [-0.39, 0.29) is 0 Å². The van der Waals surface area contributed by atoms with Gasteiger partial charge in [-0.05, 0) is 30.0 Å². The first-order valence-corrected chi connectivity index (χ1v) is 3.63. The molecule has 1 nitrogen and oxygen atoms in total. The van der Waals surface area contributed by atoms with Gasteiger partial charge in [0.15, 0.2) is 0 Å². The summed E-state index contributed by atoms with van der Waals surface area (Å²) in [6.07, 6.45) is 1.07. The van der Waals surface area contributed by atoms with Gasteiger partial charge in [0.25, 0.3) is 0 Å². The third kappa shape index (κ3) is 0.611. The molecule has 1 aliphatic rings. The Labute approximate surface area is 60.9 Å². The highest BCUT2D eigenvalue weighted by molar-refractivity contribution is 5.44. The quantitative estimate of drug-likeness (QED) is 0.571. The first-order valence-electron chi connectivity index (χ1n) is 3.63. The largest absolute Gasteiger partial charge is 0.324 e. The molecule has 0 saturated heterocycles. The molecule has 10 heavy (non-hydrogen) atoms. The summed E-state index contributed by atoms with van der Waals surface area (Å²) in [7, 11) is 0. The highest BCUT2D eigenvalue weighted by Gasteiger charge is 2.23. The summed E-state index contributed by atoms with van der Waals surface area (Å²) in [5.41, 5.74) is 9.95. The normalized spacial score (nSPS) is 21.6. The van der Waals surface area contributed by atoms with E-state index >= 15 is 0 Å².